The Kier molecular flexibility index (Phi) is 5.36. The number of nitrogens with one attached hydrogen (secondary N) is 2. The Bertz CT molecular complexity index is 964. The third-order valence-electron chi connectivity index (χ3n) is 4.23. The molecule has 1 heterocycles. The van der Waals surface area contributed by atoms with Gasteiger partial charge in [0.1, 0.15) is 5.75 Å². The summed E-state index contributed by atoms with van der Waals surface area (Å²) in [5, 5.41) is 4.07. The number of para-hydroxylation sites is 1. The van der Waals surface area contributed by atoms with E-state index in [0.717, 1.165) is 33.4 Å². The van der Waals surface area contributed by atoms with E-state index in [4.69, 9.17) is 4.74 Å². The van der Waals surface area contributed by atoms with Crippen molar-refractivity contribution in [2.24, 2.45) is 0 Å². The molecule has 1 amide bonds. The largest absolute Gasteiger partial charge is 0.492 e. The summed E-state index contributed by atoms with van der Waals surface area (Å²) in [4.78, 5) is 15.2. The van der Waals surface area contributed by atoms with E-state index in [9.17, 15) is 4.79 Å². The van der Waals surface area contributed by atoms with Crippen LogP contribution in [-0.4, -0.2) is 23.0 Å². The fourth-order valence-corrected chi connectivity index (χ4v) is 3.07. The van der Waals surface area contributed by atoms with E-state index >= 15 is 0 Å². The van der Waals surface area contributed by atoms with Crippen molar-refractivity contribution < 1.29 is 9.53 Å². The van der Waals surface area contributed by atoms with Gasteiger partial charge in [0.2, 0.25) is 5.91 Å². The number of aromatic nitrogens is 1. The molecule has 140 valence electrons. The molecule has 0 aliphatic rings. The highest BCUT2D eigenvalue weighted by molar-refractivity contribution is 5.96. The van der Waals surface area contributed by atoms with Gasteiger partial charge in [-0.1, -0.05) is 36.9 Å². The van der Waals surface area contributed by atoms with Crippen LogP contribution in [-0.2, 0) is 4.79 Å². The van der Waals surface area contributed by atoms with Crippen LogP contribution in [0.5, 0.6) is 5.75 Å². The number of aromatic amines is 1. The van der Waals surface area contributed by atoms with Crippen molar-refractivity contribution in [3.63, 3.8) is 0 Å². The van der Waals surface area contributed by atoms with Gasteiger partial charge in [0.15, 0.2) is 0 Å². The molecule has 4 heteroatoms. The summed E-state index contributed by atoms with van der Waals surface area (Å²) in [5.41, 5.74) is 3.73. The van der Waals surface area contributed by atoms with Crippen LogP contribution in [0.25, 0.3) is 16.5 Å². The Balaban J connectivity index is 1.75. The second-order valence-corrected chi connectivity index (χ2v) is 7.62. The number of ether oxygens (including phenoxy) is 1. The molecule has 0 unspecified atom stereocenters. The summed E-state index contributed by atoms with van der Waals surface area (Å²) in [7, 11) is 0. The van der Waals surface area contributed by atoms with Crippen LogP contribution in [0.4, 0.5) is 0 Å². The van der Waals surface area contributed by atoms with Crippen molar-refractivity contribution in [1.82, 2.24) is 10.3 Å². The van der Waals surface area contributed by atoms with Crippen LogP contribution in [0.1, 0.15) is 38.3 Å². The lowest BCUT2D eigenvalue weighted by Crippen LogP contribution is -2.41. The van der Waals surface area contributed by atoms with Gasteiger partial charge in [-0.05, 0) is 50.1 Å². The summed E-state index contributed by atoms with van der Waals surface area (Å²) in [6, 6.07) is 16.0. The SMILES string of the molecule is C=C(c1ccccc1OCCC(=O)NC(C)(C)C)c1cccc2[nH]ccc12. The maximum atomic E-state index is 12.0. The third kappa shape index (κ3) is 4.59. The molecular formula is C23H26N2O2. The highest BCUT2D eigenvalue weighted by atomic mass is 16.5. The topological polar surface area (TPSA) is 54.1 Å². The molecule has 3 aromatic rings. The van der Waals surface area contributed by atoms with Crippen LogP contribution in [0.2, 0.25) is 0 Å². The predicted molar refractivity (Wildman–Crippen MR) is 111 cm³/mol. The molecule has 3 rings (SSSR count). The zero-order chi connectivity index (χ0) is 19.4. The number of benzene rings is 2. The first kappa shape index (κ1) is 18.8. The number of amides is 1. The van der Waals surface area contributed by atoms with Gasteiger partial charge in [-0.3, -0.25) is 4.79 Å². The Hall–Kier alpha value is -3.01. The number of H-pyrrole nitrogens is 1. The number of hydrogen-bond acceptors (Lipinski definition) is 2. The zero-order valence-corrected chi connectivity index (χ0v) is 16.1. The van der Waals surface area contributed by atoms with Gasteiger partial charge in [-0.15, -0.1) is 0 Å². The predicted octanol–water partition coefficient (Wildman–Crippen LogP) is 4.91. The smallest absolute Gasteiger partial charge is 0.223 e. The van der Waals surface area contributed by atoms with E-state index in [1.807, 2.05) is 63.4 Å². The average molecular weight is 362 g/mol. The van der Waals surface area contributed by atoms with E-state index in [2.05, 4.69) is 29.0 Å². The lowest BCUT2D eigenvalue weighted by Gasteiger charge is -2.20. The highest BCUT2D eigenvalue weighted by Gasteiger charge is 2.15. The van der Waals surface area contributed by atoms with Gasteiger partial charge in [0.25, 0.3) is 0 Å². The number of fused-ring (bicyclic) bond motifs is 1. The quantitative estimate of drug-likeness (QED) is 0.654. The van der Waals surface area contributed by atoms with E-state index in [0.29, 0.717) is 13.0 Å². The molecule has 2 aromatic carbocycles. The third-order valence-corrected chi connectivity index (χ3v) is 4.23. The lowest BCUT2D eigenvalue weighted by molar-refractivity contribution is -0.122. The number of carbonyl (C=O) groups is 1. The molecule has 2 N–H and O–H groups in total. The second kappa shape index (κ2) is 7.70. The van der Waals surface area contributed by atoms with Crippen LogP contribution < -0.4 is 10.1 Å². The molecule has 0 radical (unpaired) electrons. The minimum Gasteiger partial charge on any atom is -0.492 e. The summed E-state index contributed by atoms with van der Waals surface area (Å²) < 4.78 is 5.93. The molecular weight excluding hydrogens is 336 g/mol. The fraction of sp³-hybridized carbons (Fsp3) is 0.261. The van der Waals surface area contributed by atoms with Gasteiger partial charge >= 0.3 is 0 Å². The summed E-state index contributed by atoms with van der Waals surface area (Å²) in [6.07, 6.45) is 2.24. The van der Waals surface area contributed by atoms with Crippen molar-refractivity contribution in [2.45, 2.75) is 32.7 Å². The molecule has 0 atom stereocenters. The van der Waals surface area contributed by atoms with Crippen LogP contribution in [0, 0.1) is 0 Å². The number of hydrogen-bond donors (Lipinski definition) is 2. The Morgan fingerprint density at radius 2 is 1.81 bits per heavy atom. The van der Waals surface area contributed by atoms with E-state index in [1.54, 1.807) is 0 Å². The highest BCUT2D eigenvalue weighted by Crippen LogP contribution is 2.33. The minimum absolute atomic E-state index is 0.0177. The zero-order valence-electron chi connectivity index (χ0n) is 16.1. The number of carbonyl (C=O) groups excluding carboxylic acids is 1. The molecule has 0 aliphatic heterocycles. The van der Waals surface area contributed by atoms with Crippen LogP contribution in [0.3, 0.4) is 0 Å². The standard InChI is InChI=1S/C23H26N2O2/c1-16(17-9-7-10-20-19(17)12-14-24-20)18-8-5-6-11-21(18)27-15-13-22(26)25-23(2,3)4/h5-12,14,24H,1,13,15H2,2-4H3,(H,25,26). The maximum absolute atomic E-state index is 12.0. The van der Waals surface area contributed by atoms with Crippen LogP contribution >= 0.6 is 0 Å². The first-order valence-corrected chi connectivity index (χ1v) is 9.14. The van der Waals surface area contributed by atoms with Crippen LogP contribution in [0.15, 0.2) is 61.3 Å². The summed E-state index contributed by atoms with van der Waals surface area (Å²) in [6.45, 7) is 10.5. The minimum atomic E-state index is -0.238. The van der Waals surface area contributed by atoms with E-state index < -0.39 is 0 Å². The average Bonchev–Trinajstić information content (AvgIpc) is 3.08. The molecule has 0 saturated carbocycles. The Morgan fingerprint density at radius 1 is 1.07 bits per heavy atom. The molecule has 0 bridgehead atoms. The monoisotopic (exact) mass is 362 g/mol. The lowest BCUT2D eigenvalue weighted by atomic mass is 9.96. The first-order valence-electron chi connectivity index (χ1n) is 9.14. The fourth-order valence-electron chi connectivity index (χ4n) is 3.07. The molecule has 0 aliphatic carbocycles. The van der Waals surface area contributed by atoms with Crippen molar-refractivity contribution in [2.75, 3.05) is 6.61 Å². The van der Waals surface area contributed by atoms with Gasteiger partial charge in [-0.2, -0.15) is 0 Å². The van der Waals surface area contributed by atoms with Gasteiger partial charge in [0.05, 0.1) is 13.0 Å². The molecule has 0 fully saturated rings. The number of rotatable bonds is 6. The summed E-state index contributed by atoms with van der Waals surface area (Å²) >= 11 is 0. The Labute approximate surface area is 160 Å². The first-order chi connectivity index (χ1) is 12.8. The second-order valence-electron chi connectivity index (χ2n) is 7.62. The van der Waals surface area contributed by atoms with Gasteiger partial charge < -0.3 is 15.0 Å². The molecule has 0 spiro atoms. The molecule has 27 heavy (non-hydrogen) atoms. The molecule has 4 nitrogen and oxygen atoms in total. The van der Waals surface area contributed by atoms with Gasteiger partial charge in [-0.25, -0.2) is 0 Å². The molecule has 0 saturated heterocycles. The van der Waals surface area contributed by atoms with Crippen molar-refractivity contribution in [3.05, 3.63) is 72.4 Å². The van der Waals surface area contributed by atoms with Crippen molar-refractivity contribution in [1.29, 1.82) is 0 Å². The Morgan fingerprint density at radius 3 is 2.59 bits per heavy atom. The van der Waals surface area contributed by atoms with E-state index in [-0.39, 0.29) is 11.4 Å². The summed E-state index contributed by atoms with van der Waals surface area (Å²) in [5.74, 6) is 0.717. The molecule has 1 aromatic heterocycles. The van der Waals surface area contributed by atoms with E-state index in [1.165, 1.54) is 0 Å². The van der Waals surface area contributed by atoms with Gasteiger partial charge in [0, 0.05) is 28.2 Å². The maximum Gasteiger partial charge on any atom is 0.223 e. The normalized spacial score (nSPS) is 11.4. The van der Waals surface area contributed by atoms with Crippen molar-refractivity contribution >= 4 is 22.4 Å². The van der Waals surface area contributed by atoms with Crippen molar-refractivity contribution in [3.8, 4) is 5.75 Å².